The third-order valence-corrected chi connectivity index (χ3v) is 4.24. The summed E-state index contributed by atoms with van der Waals surface area (Å²) < 4.78 is 11.6. The molecule has 0 aliphatic rings. The molecule has 104 valence electrons. The first-order valence-corrected chi connectivity index (χ1v) is 7.38. The SMILES string of the molecule is O=c1oc(COc2ccc3[nH]ccc3c2)cc2ccsc12. The van der Waals surface area contributed by atoms with Crippen LogP contribution in [0.3, 0.4) is 0 Å². The van der Waals surface area contributed by atoms with Crippen molar-refractivity contribution in [1.29, 1.82) is 0 Å². The van der Waals surface area contributed by atoms with Crippen molar-refractivity contribution in [3.63, 3.8) is 0 Å². The number of aromatic amines is 1. The summed E-state index contributed by atoms with van der Waals surface area (Å²) in [7, 11) is 0. The van der Waals surface area contributed by atoms with E-state index >= 15 is 0 Å². The van der Waals surface area contributed by atoms with Crippen molar-refractivity contribution in [2.75, 3.05) is 0 Å². The molecule has 0 aliphatic heterocycles. The Bertz CT molecular complexity index is 980. The van der Waals surface area contributed by atoms with Crippen molar-refractivity contribution in [1.82, 2.24) is 4.98 Å². The number of nitrogens with one attached hydrogen (secondary N) is 1. The highest BCUT2D eigenvalue weighted by molar-refractivity contribution is 7.17. The zero-order valence-electron chi connectivity index (χ0n) is 11.0. The van der Waals surface area contributed by atoms with Gasteiger partial charge in [0.05, 0.1) is 0 Å². The highest BCUT2D eigenvalue weighted by atomic mass is 32.1. The maximum absolute atomic E-state index is 11.8. The average Bonchev–Trinajstić information content (AvgIpc) is 3.13. The van der Waals surface area contributed by atoms with Crippen LogP contribution in [0, 0.1) is 0 Å². The van der Waals surface area contributed by atoms with Gasteiger partial charge in [-0.1, -0.05) is 0 Å². The van der Waals surface area contributed by atoms with E-state index in [2.05, 4.69) is 4.98 Å². The van der Waals surface area contributed by atoms with Gasteiger partial charge in [-0.15, -0.1) is 11.3 Å². The van der Waals surface area contributed by atoms with Gasteiger partial charge in [0.1, 0.15) is 22.8 Å². The monoisotopic (exact) mass is 297 g/mol. The molecule has 4 nitrogen and oxygen atoms in total. The molecule has 21 heavy (non-hydrogen) atoms. The van der Waals surface area contributed by atoms with Crippen LogP contribution in [-0.4, -0.2) is 4.98 Å². The molecule has 1 N–H and O–H groups in total. The number of ether oxygens (including phenoxy) is 1. The molecule has 4 rings (SSSR count). The van der Waals surface area contributed by atoms with Crippen LogP contribution in [0.15, 0.2) is 57.2 Å². The fraction of sp³-hybridized carbons (Fsp3) is 0.0625. The predicted molar refractivity (Wildman–Crippen MR) is 83.0 cm³/mol. The molecule has 3 aromatic heterocycles. The van der Waals surface area contributed by atoms with E-state index in [4.69, 9.17) is 9.15 Å². The Kier molecular flexibility index (Phi) is 2.79. The first kappa shape index (κ1) is 12.2. The van der Waals surface area contributed by atoms with E-state index in [1.807, 2.05) is 48.0 Å². The lowest BCUT2D eigenvalue weighted by Crippen LogP contribution is -2.03. The standard InChI is InChI=1S/C16H11NO3S/c18-16-15-11(4-6-21-15)8-13(20-16)9-19-12-1-2-14-10(7-12)3-5-17-14/h1-8,17H,9H2. The summed E-state index contributed by atoms with van der Waals surface area (Å²) in [6.07, 6.45) is 1.89. The van der Waals surface area contributed by atoms with Crippen LogP contribution in [0.25, 0.3) is 21.0 Å². The predicted octanol–water partition coefficient (Wildman–Crippen LogP) is 3.91. The lowest BCUT2D eigenvalue weighted by molar-refractivity contribution is 0.264. The van der Waals surface area contributed by atoms with E-state index in [1.54, 1.807) is 0 Å². The normalized spacial score (nSPS) is 11.2. The third-order valence-electron chi connectivity index (χ3n) is 3.33. The maximum atomic E-state index is 11.8. The van der Waals surface area contributed by atoms with Gasteiger partial charge in [0.25, 0.3) is 0 Å². The van der Waals surface area contributed by atoms with Crippen molar-refractivity contribution in [3.05, 3.63) is 64.2 Å². The second-order valence-corrected chi connectivity index (χ2v) is 5.64. The number of H-pyrrole nitrogens is 1. The summed E-state index contributed by atoms with van der Waals surface area (Å²) in [5, 5.41) is 3.87. The van der Waals surface area contributed by atoms with Crippen LogP contribution < -0.4 is 10.4 Å². The molecule has 0 fully saturated rings. The minimum absolute atomic E-state index is 0.233. The van der Waals surface area contributed by atoms with Crippen LogP contribution in [-0.2, 0) is 6.61 Å². The summed E-state index contributed by atoms with van der Waals surface area (Å²) >= 11 is 1.39. The topological polar surface area (TPSA) is 55.2 Å². The minimum atomic E-state index is -0.304. The lowest BCUT2D eigenvalue weighted by atomic mass is 10.2. The van der Waals surface area contributed by atoms with Gasteiger partial charge >= 0.3 is 5.63 Å². The van der Waals surface area contributed by atoms with Gasteiger partial charge in [0.2, 0.25) is 0 Å². The number of hydrogen-bond donors (Lipinski definition) is 1. The minimum Gasteiger partial charge on any atom is -0.486 e. The molecule has 0 saturated heterocycles. The molecule has 0 spiro atoms. The summed E-state index contributed by atoms with van der Waals surface area (Å²) in [4.78, 5) is 14.9. The summed E-state index contributed by atoms with van der Waals surface area (Å²) in [5.74, 6) is 1.27. The van der Waals surface area contributed by atoms with Gasteiger partial charge in [-0.3, -0.25) is 0 Å². The molecule has 0 amide bonds. The Hall–Kier alpha value is -2.53. The molecule has 1 aromatic carbocycles. The van der Waals surface area contributed by atoms with Crippen LogP contribution in [0.1, 0.15) is 5.76 Å². The first-order chi connectivity index (χ1) is 10.3. The first-order valence-electron chi connectivity index (χ1n) is 6.50. The largest absolute Gasteiger partial charge is 0.486 e. The third kappa shape index (κ3) is 2.21. The van der Waals surface area contributed by atoms with E-state index in [9.17, 15) is 4.79 Å². The second kappa shape index (κ2) is 4.79. The van der Waals surface area contributed by atoms with Crippen molar-refractivity contribution >= 4 is 32.3 Å². The molecule has 4 aromatic rings. The molecular weight excluding hydrogens is 286 g/mol. The molecule has 0 unspecified atom stereocenters. The van der Waals surface area contributed by atoms with Crippen molar-refractivity contribution in [2.24, 2.45) is 0 Å². The smallest absolute Gasteiger partial charge is 0.354 e. The van der Waals surface area contributed by atoms with Crippen LogP contribution in [0.4, 0.5) is 0 Å². The zero-order chi connectivity index (χ0) is 14.2. The van der Waals surface area contributed by atoms with Crippen LogP contribution in [0.5, 0.6) is 5.75 Å². The number of benzene rings is 1. The van der Waals surface area contributed by atoms with Gasteiger partial charge < -0.3 is 14.1 Å². The van der Waals surface area contributed by atoms with E-state index in [-0.39, 0.29) is 12.2 Å². The van der Waals surface area contributed by atoms with Gasteiger partial charge in [0.15, 0.2) is 0 Å². The average molecular weight is 297 g/mol. The highest BCUT2D eigenvalue weighted by Gasteiger charge is 2.06. The van der Waals surface area contributed by atoms with Gasteiger partial charge in [0, 0.05) is 22.5 Å². The van der Waals surface area contributed by atoms with E-state index in [1.165, 1.54) is 11.3 Å². The Morgan fingerprint density at radius 2 is 2.10 bits per heavy atom. The molecule has 0 saturated carbocycles. The molecule has 0 atom stereocenters. The Labute approximate surface area is 123 Å². The maximum Gasteiger partial charge on any atom is 0.354 e. The van der Waals surface area contributed by atoms with E-state index < -0.39 is 0 Å². The zero-order valence-corrected chi connectivity index (χ0v) is 11.8. The number of rotatable bonds is 3. The number of hydrogen-bond acceptors (Lipinski definition) is 4. The molecular formula is C16H11NO3S. The van der Waals surface area contributed by atoms with Gasteiger partial charge in [-0.25, -0.2) is 4.79 Å². The summed E-state index contributed by atoms with van der Waals surface area (Å²) in [5.41, 5.74) is 0.760. The fourth-order valence-electron chi connectivity index (χ4n) is 2.31. The molecule has 3 heterocycles. The quantitative estimate of drug-likeness (QED) is 0.623. The summed E-state index contributed by atoms with van der Waals surface area (Å²) in [6, 6.07) is 11.5. The fourth-order valence-corrected chi connectivity index (χ4v) is 3.07. The van der Waals surface area contributed by atoms with E-state index in [0.717, 1.165) is 22.0 Å². The lowest BCUT2D eigenvalue weighted by Gasteiger charge is -2.05. The van der Waals surface area contributed by atoms with Gasteiger partial charge in [-0.05, 0) is 41.8 Å². The van der Waals surface area contributed by atoms with Crippen molar-refractivity contribution in [2.45, 2.75) is 6.61 Å². The Morgan fingerprint density at radius 3 is 3.05 bits per heavy atom. The number of thiophene rings is 1. The molecule has 0 bridgehead atoms. The second-order valence-electron chi connectivity index (χ2n) is 4.72. The highest BCUT2D eigenvalue weighted by Crippen LogP contribution is 2.22. The van der Waals surface area contributed by atoms with Crippen LogP contribution >= 0.6 is 11.3 Å². The molecule has 5 heteroatoms. The Morgan fingerprint density at radius 1 is 1.14 bits per heavy atom. The summed E-state index contributed by atoms with van der Waals surface area (Å²) in [6.45, 7) is 0.233. The number of aromatic nitrogens is 1. The van der Waals surface area contributed by atoms with Crippen LogP contribution in [0.2, 0.25) is 0 Å². The van der Waals surface area contributed by atoms with Gasteiger partial charge in [-0.2, -0.15) is 0 Å². The molecule has 0 aliphatic carbocycles. The van der Waals surface area contributed by atoms with Crippen molar-refractivity contribution in [3.8, 4) is 5.75 Å². The number of fused-ring (bicyclic) bond motifs is 2. The molecule has 0 radical (unpaired) electrons. The van der Waals surface area contributed by atoms with Crippen molar-refractivity contribution < 1.29 is 9.15 Å². The van der Waals surface area contributed by atoms with E-state index in [0.29, 0.717) is 10.5 Å². The Balaban J connectivity index is 1.60.